The Bertz CT molecular complexity index is 528. The molecule has 3 saturated carbocycles. The Hall–Kier alpha value is -0.280. The van der Waals surface area contributed by atoms with Crippen LogP contribution in [-0.2, 0) is 4.79 Å². The van der Waals surface area contributed by atoms with E-state index < -0.39 is 0 Å². The molecule has 6 atom stereocenters. The molecule has 0 saturated heterocycles. The maximum atomic E-state index is 11.8. The molecule has 4 aliphatic carbocycles. The molecule has 0 radical (unpaired) electrons. The summed E-state index contributed by atoms with van der Waals surface area (Å²) in [6.45, 7) is 4.88. The fourth-order valence-corrected chi connectivity index (χ4v) is 7.46. The van der Waals surface area contributed by atoms with Crippen molar-refractivity contribution in [3.05, 3.63) is 11.6 Å². The van der Waals surface area contributed by atoms with E-state index in [-0.39, 0.29) is 5.41 Å². The SMILES string of the molecule is CC12CCC(=O)C=C1CCC1C2CCC2(C)C(SO)CCC12. The Morgan fingerprint density at radius 2 is 1.91 bits per heavy atom. The summed E-state index contributed by atoms with van der Waals surface area (Å²) in [5, 5.41) is 0.441. The zero-order valence-electron chi connectivity index (χ0n) is 13.8. The molecule has 0 aromatic rings. The van der Waals surface area contributed by atoms with E-state index in [0.717, 1.165) is 49.1 Å². The zero-order valence-corrected chi connectivity index (χ0v) is 14.6. The Morgan fingerprint density at radius 1 is 1.09 bits per heavy atom. The van der Waals surface area contributed by atoms with Crippen molar-refractivity contribution in [2.45, 2.75) is 70.5 Å². The van der Waals surface area contributed by atoms with E-state index in [2.05, 4.69) is 13.8 Å². The van der Waals surface area contributed by atoms with Gasteiger partial charge in [0.25, 0.3) is 0 Å². The highest BCUT2D eigenvalue weighted by molar-refractivity contribution is 7.94. The van der Waals surface area contributed by atoms with Gasteiger partial charge in [0.1, 0.15) is 0 Å². The van der Waals surface area contributed by atoms with Gasteiger partial charge in [-0.05, 0) is 91.6 Å². The van der Waals surface area contributed by atoms with Crippen molar-refractivity contribution < 1.29 is 9.35 Å². The molecule has 4 aliphatic rings. The number of carbonyl (C=O) groups is 1. The topological polar surface area (TPSA) is 37.3 Å². The average Bonchev–Trinajstić information content (AvgIpc) is 2.84. The third kappa shape index (κ3) is 1.94. The lowest BCUT2D eigenvalue weighted by atomic mass is 9.47. The Kier molecular flexibility index (Phi) is 3.54. The molecule has 0 amide bonds. The van der Waals surface area contributed by atoms with E-state index in [4.69, 9.17) is 0 Å². The largest absolute Gasteiger partial charge is 0.330 e. The van der Waals surface area contributed by atoms with Gasteiger partial charge in [-0.2, -0.15) is 0 Å². The molecule has 3 fully saturated rings. The summed E-state index contributed by atoms with van der Waals surface area (Å²) >= 11 is 1.12. The summed E-state index contributed by atoms with van der Waals surface area (Å²) in [5.41, 5.74) is 2.07. The number of allylic oxidation sites excluding steroid dienone is 1. The first-order valence-electron chi connectivity index (χ1n) is 9.03. The summed E-state index contributed by atoms with van der Waals surface area (Å²) < 4.78 is 9.70. The fraction of sp³-hybridized carbons (Fsp3) is 0.842. The summed E-state index contributed by atoms with van der Waals surface area (Å²) in [5.74, 6) is 2.71. The van der Waals surface area contributed by atoms with E-state index in [9.17, 15) is 9.35 Å². The normalized spacial score (nSPS) is 50.9. The number of hydrogen-bond acceptors (Lipinski definition) is 3. The number of rotatable bonds is 1. The van der Waals surface area contributed by atoms with Crippen LogP contribution in [0.3, 0.4) is 0 Å². The van der Waals surface area contributed by atoms with Gasteiger partial charge >= 0.3 is 0 Å². The van der Waals surface area contributed by atoms with Crippen LogP contribution in [0, 0.1) is 28.6 Å². The predicted molar refractivity (Wildman–Crippen MR) is 90.7 cm³/mol. The van der Waals surface area contributed by atoms with Crippen molar-refractivity contribution in [1.82, 2.24) is 0 Å². The predicted octanol–water partition coefficient (Wildman–Crippen LogP) is 5.09. The maximum Gasteiger partial charge on any atom is 0.155 e. The van der Waals surface area contributed by atoms with Crippen molar-refractivity contribution in [1.29, 1.82) is 0 Å². The van der Waals surface area contributed by atoms with Gasteiger partial charge < -0.3 is 4.55 Å². The molecule has 22 heavy (non-hydrogen) atoms. The van der Waals surface area contributed by atoms with Gasteiger partial charge in [-0.3, -0.25) is 4.79 Å². The molecule has 0 spiro atoms. The average molecular weight is 320 g/mol. The van der Waals surface area contributed by atoms with Crippen LogP contribution in [0.4, 0.5) is 0 Å². The van der Waals surface area contributed by atoms with E-state index in [0.29, 0.717) is 16.4 Å². The molecule has 2 nitrogen and oxygen atoms in total. The van der Waals surface area contributed by atoms with Crippen molar-refractivity contribution >= 4 is 17.8 Å². The molecule has 0 aliphatic heterocycles. The van der Waals surface area contributed by atoms with E-state index in [1.54, 1.807) is 0 Å². The standard InChI is InChI=1S/C19H28O2S/c1-18-9-7-13(20)11-12(18)3-4-14-15-5-6-17(22-21)19(15,2)10-8-16(14)18/h11,14-17,21H,3-10H2,1-2H3. The maximum absolute atomic E-state index is 11.8. The van der Waals surface area contributed by atoms with Gasteiger partial charge in [-0.1, -0.05) is 19.4 Å². The van der Waals surface area contributed by atoms with Crippen molar-refractivity contribution in [3.8, 4) is 0 Å². The molecule has 1 N–H and O–H groups in total. The molecule has 0 aromatic heterocycles. The highest BCUT2D eigenvalue weighted by Gasteiger charge is 2.59. The van der Waals surface area contributed by atoms with E-state index in [1.807, 2.05) is 6.08 Å². The molecule has 6 unspecified atom stereocenters. The third-order valence-electron chi connectivity index (χ3n) is 8.00. The first-order chi connectivity index (χ1) is 10.5. The van der Waals surface area contributed by atoms with Crippen LogP contribution in [0.2, 0.25) is 0 Å². The number of fused-ring (bicyclic) bond motifs is 5. The number of hydrogen-bond donors (Lipinski definition) is 1. The second-order valence-corrected chi connectivity index (χ2v) is 9.46. The molecular weight excluding hydrogens is 292 g/mol. The van der Waals surface area contributed by atoms with Crippen LogP contribution in [0.5, 0.6) is 0 Å². The van der Waals surface area contributed by atoms with Crippen LogP contribution >= 0.6 is 12.0 Å². The van der Waals surface area contributed by atoms with Gasteiger partial charge in [-0.25, -0.2) is 0 Å². The molecular formula is C19H28O2S. The van der Waals surface area contributed by atoms with Crippen LogP contribution in [0.1, 0.15) is 65.2 Å². The number of carbonyl (C=O) groups excluding carboxylic acids is 1. The second-order valence-electron chi connectivity index (χ2n) is 8.68. The lowest BCUT2D eigenvalue weighted by molar-refractivity contribution is -0.117. The van der Waals surface area contributed by atoms with Gasteiger partial charge in [0, 0.05) is 11.7 Å². The monoisotopic (exact) mass is 320 g/mol. The third-order valence-corrected chi connectivity index (χ3v) is 9.03. The molecule has 0 aromatic carbocycles. The fourth-order valence-electron chi connectivity index (χ4n) is 6.68. The zero-order chi connectivity index (χ0) is 15.5. The van der Waals surface area contributed by atoms with Crippen molar-refractivity contribution in [2.24, 2.45) is 28.6 Å². The van der Waals surface area contributed by atoms with Gasteiger partial charge in [0.05, 0.1) is 0 Å². The van der Waals surface area contributed by atoms with E-state index in [1.165, 1.54) is 37.7 Å². The smallest absolute Gasteiger partial charge is 0.155 e. The van der Waals surface area contributed by atoms with Crippen LogP contribution in [0.25, 0.3) is 0 Å². The van der Waals surface area contributed by atoms with Gasteiger partial charge in [0.2, 0.25) is 0 Å². The quantitative estimate of drug-likeness (QED) is 0.684. The summed E-state index contributed by atoms with van der Waals surface area (Å²) in [6.07, 6.45) is 11.2. The lowest BCUT2D eigenvalue weighted by Gasteiger charge is -2.57. The first kappa shape index (κ1) is 15.3. The van der Waals surface area contributed by atoms with Gasteiger partial charge in [0.15, 0.2) is 5.78 Å². The van der Waals surface area contributed by atoms with Crippen molar-refractivity contribution in [3.63, 3.8) is 0 Å². The second kappa shape index (κ2) is 5.11. The summed E-state index contributed by atoms with van der Waals surface area (Å²) in [4.78, 5) is 11.8. The van der Waals surface area contributed by atoms with Crippen LogP contribution < -0.4 is 0 Å². The molecule has 0 bridgehead atoms. The van der Waals surface area contributed by atoms with Gasteiger partial charge in [-0.15, -0.1) is 0 Å². The molecule has 0 heterocycles. The lowest BCUT2D eigenvalue weighted by Crippen LogP contribution is -2.50. The molecule has 122 valence electrons. The number of ketones is 1. The minimum atomic E-state index is 0.280. The summed E-state index contributed by atoms with van der Waals surface area (Å²) in [7, 11) is 0. The minimum absolute atomic E-state index is 0.280. The first-order valence-corrected chi connectivity index (χ1v) is 9.87. The minimum Gasteiger partial charge on any atom is -0.330 e. The molecule has 4 rings (SSSR count). The summed E-state index contributed by atoms with van der Waals surface area (Å²) in [6, 6.07) is 0. The van der Waals surface area contributed by atoms with Crippen LogP contribution in [0.15, 0.2) is 11.6 Å². The highest BCUT2D eigenvalue weighted by atomic mass is 32.2. The van der Waals surface area contributed by atoms with Crippen LogP contribution in [-0.4, -0.2) is 15.6 Å². The Labute approximate surface area is 138 Å². The van der Waals surface area contributed by atoms with E-state index >= 15 is 0 Å². The highest BCUT2D eigenvalue weighted by Crippen LogP contribution is 2.66. The Balaban J connectivity index is 1.67. The Morgan fingerprint density at radius 3 is 2.68 bits per heavy atom. The molecule has 3 heteroatoms. The van der Waals surface area contributed by atoms with Crippen molar-refractivity contribution in [2.75, 3.05) is 0 Å².